The van der Waals surface area contributed by atoms with Crippen molar-refractivity contribution in [3.63, 3.8) is 0 Å². The summed E-state index contributed by atoms with van der Waals surface area (Å²) in [5.41, 5.74) is 7.87. The Labute approximate surface area is 292 Å². The van der Waals surface area contributed by atoms with E-state index in [0.29, 0.717) is 11.3 Å². The molecule has 6 N–H and O–H groups in total. The Morgan fingerprint density at radius 2 is 1.71 bits per heavy atom. The van der Waals surface area contributed by atoms with Crippen LogP contribution in [-0.4, -0.2) is 86.5 Å². The van der Waals surface area contributed by atoms with Gasteiger partial charge in [0.1, 0.15) is 17.8 Å². The second-order valence-corrected chi connectivity index (χ2v) is 15.9. The van der Waals surface area contributed by atoms with Crippen molar-refractivity contribution in [3.8, 4) is 5.75 Å². The molecule has 0 spiro atoms. The van der Waals surface area contributed by atoms with Gasteiger partial charge in [0, 0.05) is 10.3 Å². The molecule has 5 amide bonds. The van der Waals surface area contributed by atoms with E-state index in [1.54, 1.807) is 30.3 Å². The van der Waals surface area contributed by atoms with Gasteiger partial charge in [0.25, 0.3) is 11.8 Å². The average molecular weight is 696 g/mol. The van der Waals surface area contributed by atoms with Crippen molar-refractivity contribution in [3.05, 3.63) is 65.2 Å². The molecule has 1 fully saturated rings. The highest BCUT2D eigenvalue weighted by Crippen LogP contribution is 2.40. The van der Waals surface area contributed by atoms with Crippen molar-refractivity contribution in [2.24, 2.45) is 5.73 Å². The molecule has 1 heterocycles. The monoisotopic (exact) mass is 695 g/mol. The normalized spacial score (nSPS) is 18.7. The number of aliphatic hydroxyl groups excluding tert-OH is 1. The molecule has 0 saturated carbocycles. The van der Waals surface area contributed by atoms with Gasteiger partial charge >= 0.3 is 0 Å². The molecule has 4 atom stereocenters. The molecule has 266 valence electrons. The first-order valence-electron chi connectivity index (χ1n) is 16.7. The third kappa shape index (κ3) is 10.2. The number of primary amides is 1. The predicted molar refractivity (Wildman–Crippen MR) is 187 cm³/mol. The molecule has 1 aliphatic carbocycles. The zero-order valence-electron chi connectivity index (χ0n) is 28.9. The fraction of sp³-hybridized carbons (Fsp3) is 0.528. The number of nitrogens with two attached hydrogens (primary N) is 1. The van der Waals surface area contributed by atoms with E-state index < -0.39 is 71.2 Å². The molecule has 1 unspecified atom stereocenters. The van der Waals surface area contributed by atoms with Gasteiger partial charge < -0.3 is 36.4 Å². The lowest BCUT2D eigenvalue weighted by Gasteiger charge is -2.35. The van der Waals surface area contributed by atoms with Crippen LogP contribution in [-0.2, 0) is 43.2 Å². The van der Waals surface area contributed by atoms with E-state index in [1.165, 1.54) is 22.2 Å². The van der Waals surface area contributed by atoms with Gasteiger partial charge in [-0.1, -0.05) is 42.5 Å². The predicted octanol–water partition coefficient (Wildman–Crippen LogP) is 1.99. The van der Waals surface area contributed by atoms with Crippen molar-refractivity contribution in [1.82, 2.24) is 20.9 Å². The number of ether oxygens (including phenoxy) is 1. The lowest BCUT2D eigenvalue weighted by molar-refractivity contribution is -0.148. The van der Waals surface area contributed by atoms with Crippen LogP contribution in [0.3, 0.4) is 0 Å². The zero-order chi connectivity index (χ0) is 35.9. The fourth-order valence-electron chi connectivity index (χ4n) is 6.26. The molecule has 0 radical (unpaired) electrons. The first kappa shape index (κ1) is 37.7. The first-order chi connectivity index (χ1) is 23.1. The van der Waals surface area contributed by atoms with Crippen LogP contribution in [0.2, 0.25) is 0 Å². The molecule has 0 aromatic heterocycles. The number of amides is 5. The molecule has 2 aromatic rings. The van der Waals surface area contributed by atoms with E-state index >= 15 is 0 Å². The van der Waals surface area contributed by atoms with Crippen molar-refractivity contribution < 1.29 is 33.8 Å². The summed E-state index contributed by atoms with van der Waals surface area (Å²) in [7, 11) is 0. The van der Waals surface area contributed by atoms with E-state index in [4.69, 9.17) is 10.5 Å². The number of fused-ring (bicyclic) bond motifs is 1. The van der Waals surface area contributed by atoms with Crippen LogP contribution in [0.5, 0.6) is 5.75 Å². The average Bonchev–Trinajstić information content (AvgIpc) is 3.36. The van der Waals surface area contributed by atoms with E-state index in [-0.39, 0.29) is 18.2 Å². The summed E-state index contributed by atoms with van der Waals surface area (Å²) in [5.74, 6) is -2.62. The van der Waals surface area contributed by atoms with Crippen LogP contribution in [0.1, 0.15) is 70.6 Å². The minimum absolute atomic E-state index is 0.0438. The highest BCUT2D eigenvalue weighted by molar-refractivity contribution is 8.00. The Morgan fingerprint density at radius 1 is 1.02 bits per heavy atom. The van der Waals surface area contributed by atoms with Crippen LogP contribution >= 0.6 is 11.8 Å². The largest absolute Gasteiger partial charge is 0.483 e. The molecule has 2 aliphatic rings. The number of rotatable bonds is 13. The second kappa shape index (κ2) is 16.1. The summed E-state index contributed by atoms with van der Waals surface area (Å²) < 4.78 is 5.18. The van der Waals surface area contributed by atoms with Gasteiger partial charge in [0.05, 0.1) is 18.3 Å². The number of benzene rings is 2. The third-order valence-corrected chi connectivity index (χ3v) is 9.98. The number of carbonyl (C=O) groups is 5. The topological polar surface area (TPSA) is 180 Å². The number of hydrogen-bond acceptors (Lipinski definition) is 8. The minimum Gasteiger partial charge on any atom is -0.483 e. The molecule has 4 rings (SSSR count). The molecule has 1 saturated heterocycles. The Balaban J connectivity index is 1.51. The van der Waals surface area contributed by atoms with Crippen LogP contribution in [0.15, 0.2) is 48.5 Å². The number of aliphatic hydroxyl groups is 1. The van der Waals surface area contributed by atoms with Crippen molar-refractivity contribution in [1.29, 1.82) is 0 Å². The van der Waals surface area contributed by atoms with E-state index in [9.17, 15) is 29.1 Å². The number of hydrogen-bond donors (Lipinski definition) is 5. The van der Waals surface area contributed by atoms with Gasteiger partial charge in [-0.05, 0) is 89.5 Å². The van der Waals surface area contributed by atoms with Gasteiger partial charge in [0.2, 0.25) is 17.7 Å². The summed E-state index contributed by atoms with van der Waals surface area (Å²) in [6, 6.07) is 11.2. The van der Waals surface area contributed by atoms with Crippen LogP contribution in [0.25, 0.3) is 0 Å². The molecule has 13 heteroatoms. The number of thioether (sulfide) groups is 1. The Kier molecular flexibility index (Phi) is 12.4. The van der Waals surface area contributed by atoms with E-state index in [1.807, 2.05) is 52.8 Å². The minimum atomic E-state index is -1.76. The molecular formula is C36H49N5O7S. The molecular weight excluding hydrogens is 646 g/mol. The Bertz CT molecular complexity index is 1530. The van der Waals surface area contributed by atoms with E-state index in [2.05, 4.69) is 16.0 Å². The Hall–Kier alpha value is -4.10. The standard InChI is InChI=1S/C36H49N5O7S/c1-35(2,3)40-33(46)31-36(4,5)49-21-41(31)34(47)30(44)25(18-22-12-7-6-8-13-22)39-32(45)26(19-28(37)42)38-29(43)20-48-27-17-11-15-23-14-9-10-16-24(23)27/h6-8,11-13,15,17,25-26,30-31,44H,9-10,14,16,18-21H2,1-5H3,(H2,37,42)(H,38,43)(H,39,45)(H,40,46)/t25-,26-,30-,31?/m0/s1. The molecule has 2 aromatic carbocycles. The number of nitrogens with one attached hydrogen (secondary N) is 3. The van der Waals surface area contributed by atoms with Crippen molar-refractivity contribution >= 4 is 41.3 Å². The summed E-state index contributed by atoms with van der Waals surface area (Å²) in [6.45, 7) is 8.85. The maximum atomic E-state index is 13.9. The highest BCUT2D eigenvalue weighted by atomic mass is 32.2. The number of carbonyl (C=O) groups excluding carboxylic acids is 5. The number of aryl methyl sites for hydroxylation is 1. The fourth-order valence-corrected chi connectivity index (χ4v) is 7.40. The number of nitrogens with zero attached hydrogens (tertiary/aromatic N) is 1. The molecule has 49 heavy (non-hydrogen) atoms. The van der Waals surface area contributed by atoms with Gasteiger partial charge in [-0.25, -0.2) is 0 Å². The summed E-state index contributed by atoms with van der Waals surface area (Å²) >= 11 is 1.41. The lowest BCUT2D eigenvalue weighted by Crippen LogP contribution is -2.61. The first-order valence-corrected chi connectivity index (χ1v) is 17.6. The quantitative estimate of drug-likeness (QED) is 0.211. The Morgan fingerprint density at radius 3 is 2.39 bits per heavy atom. The van der Waals surface area contributed by atoms with Gasteiger partial charge in [-0.3, -0.25) is 24.0 Å². The third-order valence-electron chi connectivity index (χ3n) is 8.60. The van der Waals surface area contributed by atoms with Gasteiger partial charge in [-0.2, -0.15) is 0 Å². The van der Waals surface area contributed by atoms with E-state index in [0.717, 1.165) is 31.2 Å². The maximum Gasteiger partial charge on any atom is 0.258 e. The molecule has 1 aliphatic heterocycles. The van der Waals surface area contributed by atoms with Crippen LogP contribution < -0.4 is 26.4 Å². The van der Waals surface area contributed by atoms with Crippen molar-refractivity contribution in [2.75, 3.05) is 12.5 Å². The summed E-state index contributed by atoms with van der Waals surface area (Å²) in [4.78, 5) is 67.4. The summed E-state index contributed by atoms with van der Waals surface area (Å²) in [5, 5.41) is 19.7. The van der Waals surface area contributed by atoms with Crippen LogP contribution in [0.4, 0.5) is 0 Å². The van der Waals surface area contributed by atoms with Gasteiger partial charge in [-0.15, -0.1) is 11.8 Å². The smallest absolute Gasteiger partial charge is 0.258 e. The zero-order valence-corrected chi connectivity index (χ0v) is 29.7. The SMILES string of the molecule is CC(C)(C)NC(=O)C1N(C(=O)[C@@H](O)[C@H](Cc2ccccc2)NC(=O)[C@H](CC(N)=O)NC(=O)COc2cccc3c2CCCC3)CSC1(C)C. The lowest BCUT2D eigenvalue weighted by atomic mass is 9.91. The highest BCUT2D eigenvalue weighted by Gasteiger charge is 2.50. The molecule has 0 bridgehead atoms. The van der Waals surface area contributed by atoms with Gasteiger partial charge in [0.15, 0.2) is 12.7 Å². The summed E-state index contributed by atoms with van der Waals surface area (Å²) in [6.07, 6.45) is 1.67. The second-order valence-electron chi connectivity index (χ2n) is 14.3. The van der Waals surface area contributed by atoms with Crippen LogP contribution in [0, 0.1) is 0 Å². The van der Waals surface area contributed by atoms with Crippen molar-refractivity contribution in [2.45, 2.75) is 108 Å². The maximum absolute atomic E-state index is 13.9. The molecule has 12 nitrogen and oxygen atoms in total.